The van der Waals surface area contributed by atoms with Gasteiger partial charge in [0, 0.05) is 32.7 Å². The number of hydrogen-bond acceptors (Lipinski definition) is 6. The Labute approximate surface area is 233 Å². The molecule has 0 aliphatic carbocycles. The van der Waals surface area contributed by atoms with Crippen molar-refractivity contribution in [2.24, 2.45) is 0 Å². The minimum absolute atomic E-state index is 0.00454. The molecule has 0 amide bonds. The van der Waals surface area contributed by atoms with Gasteiger partial charge in [0.25, 0.3) is 10.0 Å². The van der Waals surface area contributed by atoms with Crippen LogP contribution in [0.2, 0.25) is 0 Å². The lowest BCUT2D eigenvalue weighted by atomic mass is 10.1. The Morgan fingerprint density at radius 1 is 0.927 bits per heavy atom. The second-order valence-electron chi connectivity index (χ2n) is 9.15. The Kier molecular flexibility index (Phi) is 9.94. The van der Waals surface area contributed by atoms with E-state index < -0.39 is 28.1 Å². The molecule has 3 N–H and O–H groups in total. The number of aryl methyl sites for hydroxylation is 1. The summed E-state index contributed by atoms with van der Waals surface area (Å²) < 4.78 is 73.8. The number of carboxylic acid groups (broad SMARTS) is 2. The summed E-state index contributed by atoms with van der Waals surface area (Å²) in [5.41, 5.74) is 2.66. The van der Waals surface area contributed by atoms with Crippen molar-refractivity contribution in [3.8, 4) is 0 Å². The van der Waals surface area contributed by atoms with Gasteiger partial charge in [0.05, 0.1) is 21.8 Å². The van der Waals surface area contributed by atoms with Crippen LogP contribution in [0.25, 0.3) is 0 Å². The van der Waals surface area contributed by atoms with Crippen LogP contribution in [0.4, 0.5) is 28.9 Å². The molecule has 14 heteroatoms. The van der Waals surface area contributed by atoms with E-state index in [1.807, 2.05) is 17.9 Å². The molecule has 0 aromatic heterocycles. The van der Waals surface area contributed by atoms with Crippen molar-refractivity contribution in [3.05, 3.63) is 89.2 Å². The Morgan fingerprint density at radius 2 is 1.54 bits per heavy atom. The first kappa shape index (κ1) is 31.4. The molecule has 3 aromatic rings. The molecule has 4 rings (SSSR count). The standard InChI is InChI=1S/C25H26FN3O4S.C2HF3O2/c1-18-5-8-22(9-6-18)34(32,33)27-23-16-20(25(30)31)7-10-24(23)29-13-11-28(12-14-29)17-19-3-2-4-21(26)15-19;3-2(4,5)1(6)7/h2-10,15-16,27H,11-14,17H2,1H3,(H,30,31);(H,6,7). The molecule has 0 atom stereocenters. The first-order valence-electron chi connectivity index (χ1n) is 12.1. The number of halogens is 4. The molecular weight excluding hydrogens is 570 g/mol. The number of sulfonamides is 1. The zero-order chi connectivity index (χ0) is 30.4. The average molecular weight is 598 g/mol. The van der Waals surface area contributed by atoms with Crippen LogP contribution in [0.15, 0.2) is 71.6 Å². The van der Waals surface area contributed by atoms with Gasteiger partial charge in [0.1, 0.15) is 5.82 Å². The monoisotopic (exact) mass is 597 g/mol. The molecule has 1 fully saturated rings. The number of nitrogens with zero attached hydrogens (tertiary/aromatic N) is 2. The number of alkyl halides is 3. The van der Waals surface area contributed by atoms with Gasteiger partial charge in [-0.1, -0.05) is 29.8 Å². The van der Waals surface area contributed by atoms with Gasteiger partial charge in [-0.3, -0.25) is 9.62 Å². The number of anilines is 2. The highest BCUT2D eigenvalue weighted by Crippen LogP contribution is 2.31. The summed E-state index contributed by atoms with van der Waals surface area (Å²) >= 11 is 0. The smallest absolute Gasteiger partial charge is 0.478 e. The van der Waals surface area contributed by atoms with Crippen molar-refractivity contribution in [3.63, 3.8) is 0 Å². The Morgan fingerprint density at radius 3 is 2.07 bits per heavy atom. The van der Waals surface area contributed by atoms with Crippen molar-refractivity contribution in [2.45, 2.75) is 24.5 Å². The van der Waals surface area contributed by atoms with E-state index in [9.17, 15) is 35.9 Å². The fraction of sp³-hybridized carbons (Fsp3) is 0.259. The first-order valence-corrected chi connectivity index (χ1v) is 13.6. The van der Waals surface area contributed by atoms with Crippen LogP contribution in [0.5, 0.6) is 0 Å². The molecule has 0 spiro atoms. The third kappa shape index (κ3) is 8.91. The van der Waals surface area contributed by atoms with Gasteiger partial charge >= 0.3 is 18.1 Å². The summed E-state index contributed by atoms with van der Waals surface area (Å²) in [7, 11) is -3.90. The van der Waals surface area contributed by atoms with Gasteiger partial charge in [0.15, 0.2) is 0 Å². The van der Waals surface area contributed by atoms with Crippen LogP contribution < -0.4 is 9.62 Å². The fourth-order valence-electron chi connectivity index (χ4n) is 3.99. The van der Waals surface area contributed by atoms with E-state index in [1.54, 1.807) is 24.3 Å². The van der Waals surface area contributed by atoms with Gasteiger partial charge in [-0.15, -0.1) is 0 Å². The lowest BCUT2D eigenvalue weighted by Crippen LogP contribution is -2.46. The number of aliphatic carboxylic acids is 1. The largest absolute Gasteiger partial charge is 0.490 e. The first-order chi connectivity index (χ1) is 19.2. The molecule has 3 aromatic carbocycles. The number of rotatable bonds is 7. The predicted octanol–water partition coefficient (Wildman–Crippen LogP) is 4.59. The maximum atomic E-state index is 13.5. The highest BCUT2D eigenvalue weighted by Gasteiger charge is 2.38. The molecule has 1 aliphatic heterocycles. The molecule has 1 heterocycles. The van der Waals surface area contributed by atoms with E-state index in [-0.39, 0.29) is 22.0 Å². The number of piperazine rings is 1. The summed E-state index contributed by atoms with van der Waals surface area (Å²) in [5.74, 6) is -4.16. The molecule has 220 valence electrons. The van der Waals surface area contributed by atoms with Crippen LogP contribution in [0.1, 0.15) is 21.5 Å². The number of carbonyl (C=O) groups is 2. The third-order valence-corrected chi connectivity index (χ3v) is 7.45. The van der Waals surface area contributed by atoms with Crippen LogP contribution in [0, 0.1) is 12.7 Å². The Hall–Kier alpha value is -4.17. The van der Waals surface area contributed by atoms with Crippen LogP contribution in [-0.4, -0.2) is 67.8 Å². The molecule has 41 heavy (non-hydrogen) atoms. The van der Waals surface area contributed by atoms with E-state index in [1.165, 1.54) is 36.4 Å². The predicted molar refractivity (Wildman–Crippen MR) is 143 cm³/mol. The fourth-order valence-corrected chi connectivity index (χ4v) is 5.05. The number of benzene rings is 3. The van der Waals surface area contributed by atoms with Crippen LogP contribution in [-0.2, 0) is 21.4 Å². The van der Waals surface area contributed by atoms with E-state index in [0.29, 0.717) is 38.4 Å². The Balaban J connectivity index is 0.000000587. The summed E-state index contributed by atoms with van der Waals surface area (Å²) in [4.78, 5) is 24.8. The lowest BCUT2D eigenvalue weighted by Gasteiger charge is -2.37. The molecule has 0 unspecified atom stereocenters. The number of carboxylic acids is 2. The molecule has 0 radical (unpaired) electrons. The maximum absolute atomic E-state index is 13.5. The van der Waals surface area contributed by atoms with E-state index in [2.05, 4.69) is 9.62 Å². The second kappa shape index (κ2) is 13.0. The minimum atomic E-state index is -5.08. The minimum Gasteiger partial charge on any atom is -0.478 e. The van der Waals surface area contributed by atoms with Gasteiger partial charge in [0.2, 0.25) is 0 Å². The highest BCUT2D eigenvalue weighted by molar-refractivity contribution is 7.92. The summed E-state index contributed by atoms with van der Waals surface area (Å²) in [6.07, 6.45) is -5.08. The molecule has 0 bridgehead atoms. The van der Waals surface area contributed by atoms with Gasteiger partial charge < -0.3 is 15.1 Å². The maximum Gasteiger partial charge on any atom is 0.490 e. The van der Waals surface area contributed by atoms with Crippen LogP contribution >= 0.6 is 0 Å². The molecule has 1 saturated heterocycles. The van der Waals surface area contributed by atoms with Crippen molar-refractivity contribution in [2.75, 3.05) is 35.8 Å². The highest BCUT2D eigenvalue weighted by atomic mass is 32.2. The lowest BCUT2D eigenvalue weighted by molar-refractivity contribution is -0.192. The SMILES string of the molecule is Cc1ccc(S(=O)(=O)Nc2cc(C(=O)O)ccc2N2CCN(Cc3cccc(F)c3)CC2)cc1.O=C(O)C(F)(F)F. The third-order valence-electron chi connectivity index (χ3n) is 6.07. The van der Waals surface area contributed by atoms with Crippen molar-refractivity contribution >= 4 is 33.3 Å². The molecule has 1 aliphatic rings. The van der Waals surface area contributed by atoms with E-state index in [0.717, 1.165) is 11.1 Å². The number of nitrogens with one attached hydrogen (secondary N) is 1. The number of hydrogen-bond donors (Lipinski definition) is 3. The number of aromatic carboxylic acids is 1. The Bertz CT molecular complexity index is 1490. The van der Waals surface area contributed by atoms with Crippen molar-refractivity contribution in [1.29, 1.82) is 0 Å². The zero-order valence-electron chi connectivity index (χ0n) is 21.7. The van der Waals surface area contributed by atoms with E-state index >= 15 is 0 Å². The normalized spacial score (nSPS) is 14.1. The quantitative estimate of drug-likeness (QED) is 0.338. The van der Waals surface area contributed by atoms with Crippen molar-refractivity contribution in [1.82, 2.24) is 4.90 Å². The van der Waals surface area contributed by atoms with Crippen molar-refractivity contribution < 1.29 is 45.8 Å². The van der Waals surface area contributed by atoms with Gasteiger partial charge in [-0.25, -0.2) is 22.4 Å². The molecule has 0 saturated carbocycles. The van der Waals surface area contributed by atoms with Crippen LogP contribution in [0.3, 0.4) is 0 Å². The molecular formula is C27H27F4N3O6S. The van der Waals surface area contributed by atoms with Gasteiger partial charge in [-0.2, -0.15) is 13.2 Å². The average Bonchev–Trinajstić information content (AvgIpc) is 2.89. The summed E-state index contributed by atoms with van der Waals surface area (Å²) in [6.45, 7) is 5.10. The summed E-state index contributed by atoms with van der Waals surface area (Å²) in [6, 6.07) is 17.4. The second-order valence-corrected chi connectivity index (χ2v) is 10.8. The summed E-state index contributed by atoms with van der Waals surface area (Å²) in [5, 5.41) is 16.6. The zero-order valence-corrected chi connectivity index (χ0v) is 22.5. The van der Waals surface area contributed by atoms with E-state index in [4.69, 9.17) is 9.90 Å². The molecule has 9 nitrogen and oxygen atoms in total. The van der Waals surface area contributed by atoms with Gasteiger partial charge in [-0.05, 0) is 55.0 Å². The topological polar surface area (TPSA) is 127 Å².